The summed E-state index contributed by atoms with van der Waals surface area (Å²) in [5.41, 5.74) is 1.56. The summed E-state index contributed by atoms with van der Waals surface area (Å²) in [6.45, 7) is 14.5. The average Bonchev–Trinajstić information content (AvgIpc) is 3.13. The second-order valence-electron chi connectivity index (χ2n) is 7.87. The smallest absolute Gasteiger partial charge is 0.407 e. The predicted octanol–water partition coefficient (Wildman–Crippen LogP) is 2.40. The minimum Gasteiger partial charge on any atom is -0.444 e. The van der Waals surface area contributed by atoms with E-state index in [9.17, 15) is 4.79 Å². The minimum atomic E-state index is -0.489. The molecule has 27 heavy (non-hydrogen) atoms. The predicted molar refractivity (Wildman–Crippen MR) is 105 cm³/mol. The van der Waals surface area contributed by atoms with Crippen LogP contribution in [0.1, 0.15) is 51.1 Å². The first-order valence-electron chi connectivity index (χ1n) is 9.64. The van der Waals surface area contributed by atoms with E-state index in [1.165, 1.54) is 0 Å². The molecule has 0 spiro atoms. The van der Waals surface area contributed by atoms with Gasteiger partial charge in [-0.2, -0.15) is 0 Å². The molecule has 1 aromatic rings. The maximum absolute atomic E-state index is 12.0. The molecule has 1 amide bonds. The molecule has 1 aromatic heterocycles. The summed E-state index contributed by atoms with van der Waals surface area (Å²) in [5.74, 6) is 1.73. The maximum atomic E-state index is 12.0. The summed E-state index contributed by atoms with van der Waals surface area (Å²) in [7, 11) is 0. The van der Waals surface area contributed by atoms with Gasteiger partial charge in [-0.15, -0.1) is 0 Å². The quantitative estimate of drug-likeness (QED) is 0.603. The number of rotatable bonds is 5. The Labute approximate surface area is 161 Å². The van der Waals surface area contributed by atoms with Crippen LogP contribution < -0.4 is 10.6 Å². The molecule has 0 saturated carbocycles. The SMILES string of the molecule is CCNC(=NCCc1c(C)noc1C)N1CCC(NC(=O)OC(C)(C)C)C1. The molecule has 0 radical (unpaired) electrons. The van der Waals surface area contributed by atoms with Crippen LogP contribution in [-0.2, 0) is 11.2 Å². The van der Waals surface area contributed by atoms with Gasteiger partial charge in [0.05, 0.1) is 11.7 Å². The monoisotopic (exact) mass is 379 g/mol. The molecular weight excluding hydrogens is 346 g/mol. The first-order valence-corrected chi connectivity index (χ1v) is 9.64. The van der Waals surface area contributed by atoms with Gasteiger partial charge in [-0.25, -0.2) is 4.79 Å². The fourth-order valence-electron chi connectivity index (χ4n) is 3.10. The highest BCUT2D eigenvalue weighted by molar-refractivity contribution is 5.80. The molecule has 1 unspecified atom stereocenters. The van der Waals surface area contributed by atoms with Crippen molar-refractivity contribution in [2.24, 2.45) is 4.99 Å². The first-order chi connectivity index (χ1) is 12.7. The van der Waals surface area contributed by atoms with Crippen molar-refractivity contribution in [2.75, 3.05) is 26.2 Å². The molecule has 1 fully saturated rings. The van der Waals surface area contributed by atoms with E-state index < -0.39 is 5.60 Å². The summed E-state index contributed by atoms with van der Waals surface area (Å²) in [4.78, 5) is 18.9. The third kappa shape index (κ3) is 6.45. The zero-order valence-corrected chi connectivity index (χ0v) is 17.4. The van der Waals surface area contributed by atoms with Gasteiger partial charge in [0.2, 0.25) is 0 Å². The van der Waals surface area contributed by atoms with Gasteiger partial charge in [0.15, 0.2) is 5.96 Å². The van der Waals surface area contributed by atoms with Crippen molar-refractivity contribution >= 4 is 12.1 Å². The number of nitrogens with zero attached hydrogens (tertiary/aromatic N) is 3. The van der Waals surface area contributed by atoms with Gasteiger partial charge in [0.25, 0.3) is 0 Å². The summed E-state index contributed by atoms with van der Waals surface area (Å²) in [6.07, 6.45) is 1.30. The van der Waals surface area contributed by atoms with Gasteiger partial charge >= 0.3 is 6.09 Å². The Kier molecular flexibility index (Phi) is 7.10. The largest absolute Gasteiger partial charge is 0.444 e. The van der Waals surface area contributed by atoms with Crippen molar-refractivity contribution in [3.8, 4) is 0 Å². The van der Waals surface area contributed by atoms with Gasteiger partial charge in [-0.3, -0.25) is 4.99 Å². The first kappa shape index (κ1) is 21.1. The molecular formula is C19H33N5O3. The molecule has 0 aliphatic carbocycles. The molecule has 0 aromatic carbocycles. The van der Waals surface area contributed by atoms with Crippen LogP contribution in [0.25, 0.3) is 0 Å². The van der Waals surface area contributed by atoms with Crippen LogP contribution in [0.2, 0.25) is 0 Å². The van der Waals surface area contributed by atoms with Crippen molar-refractivity contribution in [1.82, 2.24) is 20.7 Å². The molecule has 2 N–H and O–H groups in total. The Balaban J connectivity index is 1.90. The third-order valence-electron chi connectivity index (χ3n) is 4.35. The lowest BCUT2D eigenvalue weighted by molar-refractivity contribution is 0.0507. The molecule has 8 nitrogen and oxygen atoms in total. The Morgan fingerprint density at radius 2 is 2.15 bits per heavy atom. The fourth-order valence-corrected chi connectivity index (χ4v) is 3.10. The lowest BCUT2D eigenvalue weighted by Gasteiger charge is -2.23. The number of aryl methyl sites for hydroxylation is 2. The molecule has 0 bridgehead atoms. The normalized spacial score (nSPS) is 17.9. The Morgan fingerprint density at radius 3 is 2.74 bits per heavy atom. The molecule has 8 heteroatoms. The van der Waals surface area contributed by atoms with Gasteiger partial charge in [0.1, 0.15) is 11.4 Å². The standard InChI is InChI=1S/C19H33N5O3/c1-7-20-17(21-10-8-16-13(2)23-27-14(16)3)24-11-9-15(12-24)22-18(25)26-19(4,5)6/h15H,7-12H2,1-6H3,(H,20,21)(H,22,25). The molecule has 2 rings (SSSR count). The van der Waals surface area contributed by atoms with Crippen molar-refractivity contribution in [3.63, 3.8) is 0 Å². The summed E-state index contributed by atoms with van der Waals surface area (Å²) in [5, 5.41) is 10.3. The van der Waals surface area contributed by atoms with Crippen molar-refractivity contribution < 1.29 is 14.1 Å². The number of aliphatic imine (C=N–C) groups is 1. The highest BCUT2D eigenvalue weighted by Gasteiger charge is 2.27. The highest BCUT2D eigenvalue weighted by Crippen LogP contribution is 2.14. The number of hydrogen-bond donors (Lipinski definition) is 2. The van der Waals surface area contributed by atoms with Crippen LogP contribution in [-0.4, -0.2) is 59.9 Å². The van der Waals surface area contributed by atoms with E-state index in [4.69, 9.17) is 14.3 Å². The van der Waals surface area contributed by atoms with Crippen LogP contribution in [0.3, 0.4) is 0 Å². The van der Waals surface area contributed by atoms with E-state index in [0.29, 0.717) is 6.54 Å². The van der Waals surface area contributed by atoms with Crippen molar-refractivity contribution in [2.45, 2.75) is 66.0 Å². The number of likely N-dealkylation sites (tertiary alicyclic amines) is 1. The number of hydrogen-bond acceptors (Lipinski definition) is 5. The van der Waals surface area contributed by atoms with Crippen LogP contribution in [0.4, 0.5) is 4.79 Å². The second kappa shape index (κ2) is 9.10. The summed E-state index contributed by atoms with van der Waals surface area (Å²) in [6, 6.07) is 0.0614. The third-order valence-corrected chi connectivity index (χ3v) is 4.35. The Morgan fingerprint density at radius 1 is 1.41 bits per heavy atom. The zero-order valence-electron chi connectivity index (χ0n) is 17.4. The molecule has 152 valence electrons. The van der Waals surface area contributed by atoms with Gasteiger partial charge in [0, 0.05) is 31.7 Å². The Hall–Kier alpha value is -2.25. The van der Waals surface area contributed by atoms with Crippen molar-refractivity contribution in [1.29, 1.82) is 0 Å². The minimum absolute atomic E-state index is 0.0614. The second-order valence-corrected chi connectivity index (χ2v) is 7.87. The maximum Gasteiger partial charge on any atom is 0.407 e. The summed E-state index contributed by atoms with van der Waals surface area (Å²) >= 11 is 0. The topological polar surface area (TPSA) is 92.0 Å². The molecule has 2 heterocycles. The Bertz CT molecular complexity index is 643. The number of carbonyl (C=O) groups excluding carboxylic acids is 1. The molecule has 1 saturated heterocycles. The van der Waals surface area contributed by atoms with Crippen LogP contribution in [0.5, 0.6) is 0 Å². The fraction of sp³-hybridized carbons (Fsp3) is 0.737. The van der Waals surface area contributed by atoms with E-state index in [0.717, 1.165) is 55.5 Å². The van der Waals surface area contributed by atoms with Gasteiger partial charge in [-0.1, -0.05) is 5.16 Å². The lowest BCUT2D eigenvalue weighted by atomic mass is 10.1. The number of guanidine groups is 1. The van der Waals surface area contributed by atoms with Crippen LogP contribution in [0, 0.1) is 13.8 Å². The van der Waals surface area contributed by atoms with Crippen LogP contribution >= 0.6 is 0 Å². The van der Waals surface area contributed by atoms with Crippen LogP contribution in [0.15, 0.2) is 9.52 Å². The van der Waals surface area contributed by atoms with E-state index in [-0.39, 0.29) is 12.1 Å². The van der Waals surface area contributed by atoms with E-state index in [1.54, 1.807) is 0 Å². The van der Waals surface area contributed by atoms with Gasteiger partial charge < -0.3 is 24.8 Å². The molecule has 1 atom stereocenters. The highest BCUT2D eigenvalue weighted by atomic mass is 16.6. The average molecular weight is 380 g/mol. The lowest BCUT2D eigenvalue weighted by Crippen LogP contribution is -2.44. The number of carbonyl (C=O) groups is 1. The number of nitrogens with one attached hydrogen (secondary N) is 2. The molecule has 1 aliphatic heterocycles. The van der Waals surface area contributed by atoms with E-state index in [1.807, 2.05) is 34.6 Å². The van der Waals surface area contributed by atoms with E-state index >= 15 is 0 Å². The number of alkyl carbamates (subject to hydrolysis) is 1. The van der Waals surface area contributed by atoms with E-state index in [2.05, 4.69) is 27.6 Å². The number of ether oxygens (including phenoxy) is 1. The van der Waals surface area contributed by atoms with Crippen molar-refractivity contribution in [3.05, 3.63) is 17.0 Å². The molecule has 1 aliphatic rings. The zero-order chi connectivity index (χ0) is 20.0. The summed E-state index contributed by atoms with van der Waals surface area (Å²) < 4.78 is 10.6. The number of aromatic nitrogens is 1. The number of amides is 1. The van der Waals surface area contributed by atoms with Gasteiger partial charge in [-0.05, 0) is 54.4 Å².